The average molecular weight is 279 g/mol. The standard InChI is InChI=1S/C15H22FN3O/c1-11-7-12(3-4-14(11)16)8-18-15(20)10-19(2)13-5-6-17-9-13/h3-4,7,13,17H,5-6,8-10H2,1-2H3,(H,18,20). The van der Waals surface area contributed by atoms with E-state index in [-0.39, 0.29) is 11.7 Å². The Morgan fingerprint density at radius 2 is 2.35 bits per heavy atom. The molecule has 20 heavy (non-hydrogen) atoms. The molecule has 0 aliphatic carbocycles. The van der Waals surface area contributed by atoms with Crippen molar-refractivity contribution in [2.24, 2.45) is 0 Å². The van der Waals surface area contributed by atoms with Crippen LogP contribution < -0.4 is 10.6 Å². The molecule has 1 saturated heterocycles. The van der Waals surface area contributed by atoms with Gasteiger partial charge in [-0.3, -0.25) is 9.69 Å². The number of halogens is 1. The Kier molecular flexibility index (Phi) is 5.09. The highest BCUT2D eigenvalue weighted by atomic mass is 19.1. The normalized spacial score (nSPS) is 18.5. The number of nitrogens with zero attached hydrogens (tertiary/aromatic N) is 1. The molecule has 1 aliphatic heterocycles. The summed E-state index contributed by atoms with van der Waals surface area (Å²) in [5, 5.41) is 6.16. The van der Waals surface area contributed by atoms with Crippen LogP contribution in [0.5, 0.6) is 0 Å². The molecule has 1 fully saturated rings. The van der Waals surface area contributed by atoms with Crippen LogP contribution in [0.15, 0.2) is 18.2 Å². The molecule has 0 saturated carbocycles. The van der Waals surface area contributed by atoms with Gasteiger partial charge in [0.2, 0.25) is 5.91 Å². The molecule has 0 aromatic heterocycles. The third kappa shape index (κ3) is 4.02. The van der Waals surface area contributed by atoms with Gasteiger partial charge in [-0.05, 0) is 44.1 Å². The van der Waals surface area contributed by atoms with Gasteiger partial charge in [-0.15, -0.1) is 0 Å². The molecular formula is C15H22FN3O. The molecule has 1 aliphatic rings. The van der Waals surface area contributed by atoms with Crippen LogP contribution in [0.2, 0.25) is 0 Å². The fourth-order valence-electron chi connectivity index (χ4n) is 2.44. The quantitative estimate of drug-likeness (QED) is 0.846. The minimum atomic E-state index is -0.214. The van der Waals surface area contributed by atoms with Crippen molar-refractivity contribution in [3.05, 3.63) is 35.1 Å². The smallest absolute Gasteiger partial charge is 0.234 e. The van der Waals surface area contributed by atoms with Crippen LogP contribution in [0.25, 0.3) is 0 Å². The molecule has 1 heterocycles. The van der Waals surface area contributed by atoms with E-state index < -0.39 is 0 Å². The van der Waals surface area contributed by atoms with E-state index in [4.69, 9.17) is 0 Å². The van der Waals surface area contributed by atoms with E-state index in [0.717, 1.165) is 25.1 Å². The first-order chi connectivity index (χ1) is 9.56. The number of hydrogen-bond donors (Lipinski definition) is 2. The molecule has 0 bridgehead atoms. The molecule has 1 amide bonds. The van der Waals surface area contributed by atoms with Crippen LogP contribution in [0.3, 0.4) is 0 Å². The average Bonchev–Trinajstić information content (AvgIpc) is 2.94. The van der Waals surface area contributed by atoms with Gasteiger partial charge in [-0.25, -0.2) is 4.39 Å². The highest BCUT2D eigenvalue weighted by Crippen LogP contribution is 2.09. The molecule has 4 nitrogen and oxygen atoms in total. The number of aryl methyl sites for hydroxylation is 1. The monoisotopic (exact) mass is 279 g/mol. The first-order valence-corrected chi connectivity index (χ1v) is 6.99. The SMILES string of the molecule is Cc1cc(CNC(=O)CN(C)C2CCNC2)ccc1F. The maximum absolute atomic E-state index is 13.1. The van der Waals surface area contributed by atoms with E-state index in [1.54, 1.807) is 19.1 Å². The number of benzene rings is 1. The van der Waals surface area contributed by atoms with Gasteiger partial charge in [-0.2, -0.15) is 0 Å². The van der Waals surface area contributed by atoms with Gasteiger partial charge in [-0.1, -0.05) is 12.1 Å². The predicted molar refractivity (Wildman–Crippen MR) is 76.9 cm³/mol. The third-order valence-electron chi connectivity index (χ3n) is 3.76. The van der Waals surface area contributed by atoms with Crippen molar-refractivity contribution in [2.75, 3.05) is 26.7 Å². The first-order valence-electron chi connectivity index (χ1n) is 6.99. The second-order valence-corrected chi connectivity index (χ2v) is 5.42. The summed E-state index contributed by atoms with van der Waals surface area (Å²) in [5.74, 6) is -0.213. The minimum Gasteiger partial charge on any atom is -0.351 e. The van der Waals surface area contributed by atoms with E-state index in [2.05, 4.69) is 15.5 Å². The summed E-state index contributed by atoms with van der Waals surface area (Å²) >= 11 is 0. The van der Waals surface area contributed by atoms with Crippen LogP contribution in [0, 0.1) is 12.7 Å². The zero-order valence-electron chi connectivity index (χ0n) is 12.1. The van der Waals surface area contributed by atoms with Gasteiger partial charge in [0.1, 0.15) is 5.82 Å². The lowest BCUT2D eigenvalue weighted by Gasteiger charge is -2.22. The number of carbonyl (C=O) groups is 1. The van der Waals surface area contributed by atoms with E-state index >= 15 is 0 Å². The zero-order valence-corrected chi connectivity index (χ0v) is 12.1. The summed E-state index contributed by atoms with van der Waals surface area (Å²) in [6.07, 6.45) is 1.08. The Morgan fingerprint density at radius 1 is 1.55 bits per heavy atom. The second-order valence-electron chi connectivity index (χ2n) is 5.42. The van der Waals surface area contributed by atoms with Gasteiger partial charge < -0.3 is 10.6 Å². The van der Waals surface area contributed by atoms with E-state index in [1.807, 2.05) is 7.05 Å². The highest BCUT2D eigenvalue weighted by Gasteiger charge is 2.20. The molecule has 1 atom stereocenters. The fraction of sp³-hybridized carbons (Fsp3) is 0.533. The fourth-order valence-corrected chi connectivity index (χ4v) is 2.44. The molecule has 5 heteroatoms. The van der Waals surface area contributed by atoms with Crippen LogP contribution in [0.1, 0.15) is 17.5 Å². The summed E-state index contributed by atoms with van der Waals surface area (Å²) < 4.78 is 13.1. The number of carbonyl (C=O) groups excluding carboxylic acids is 1. The minimum absolute atomic E-state index is 0.00128. The Bertz CT molecular complexity index is 472. The van der Waals surface area contributed by atoms with Crippen molar-refractivity contribution in [2.45, 2.75) is 25.9 Å². The van der Waals surface area contributed by atoms with Gasteiger partial charge in [0.25, 0.3) is 0 Å². The van der Waals surface area contributed by atoms with Crippen LogP contribution in [-0.2, 0) is 11.3 Å². The summed E-state index contributed by atoms with van der Waals surface area (Å²) in [7, 11) is 1.97. The molecular weight excluding hydrogens is 257 g/mol. The lowest BCUT2D eigenvalue weighted by atomic mass is 10.1. The highest BCUT2D eigenvalue weighted by molar-refractivity contribution is 5.78. The van der Waals surface area contributed by atoms with Gasteiger partial charge in [0.05, 0.1) is 6.54 Å². The lowest BCUT2D eigenvalue weighted by Crippen LogP contribution is -2.41. The second kappa shape index (κ2) is 6.81. The molecule has 1 unspecified atom stereocenters. The molecule has 2 N–H and O–H groups in total. The topological polar surface area (TPSA) is 44.4 Å². The van der Waals surface area contributed by atoms with Crippen LogP contribution in [0.4, 0.5) is 4.39 Å². The molecule has 1 aromatic rings. The van der Waals surface area contributed by atoms with E-state index in [1.165, 1.54) is 6.07 Å². The number of rotatable bonds is 5. The maximum Gasteiger partial charge on any atom is 0.234 e. The third-order valence-corrected chi connectivity index (χ3v) is 3.76. The zero-order chi connectivity index (χ0) is 14.5. The van der Waals surface area contributed by atoms with Gasteiger partial charge in [0, 0.05) is 19.1 Å². The summed E-state index contributed by atoms with van der Waals surface area (Å²) in [6, 6.07) is 5.34. The number of hydrogen-bond acceptors (Lipinski definition) is 3. The molecule has 1 aromatic carbocycles. The molecule has 0 spiro atoms. The Hall–Kier alpha value is -1.46. The Balaban J connectivity index is 1.78. The summed E-state index contributed by atoms with van der Waals surface area (Å²) in [5.41, 5.74) is 1.52. The van der Waals surface area contributed by atoms with Gasteiger partial charge in [0.15, 0.2) is 0 Å². The van der Waals surface area contributed by atoms with Crippen molar-refractivity contribution < 1.29 is 9.18 Å². The molecule has 0 radical (unpaired) electrons. The predicted octanol–water partition coefficient (Wildman–Crippen LogP) is 1.04. The summed E-state index contributed by atoms with van der Waals surface area (Å²) in [6.45, 7) is 4.52. The lowest BCUT2D eigenvalue weighted by molar-refractivity contribution is -0.122. The van der Waals surface area contributed by atoms with Crippen LogP contribution >= 0.6 is 0 Å². The Morgan fingerprint density at radius 3 is 3.00 bits per heavy atom. The summed E-state index contributed by atoms with van der Waals surface area (Å²) in [4.78, 5) is 14.0. The van der Waals surface area contributed by atoms with Crippen molar-refractivity contribution >= 4 is 5.91 Å². The molecule has 2 rings (SSSR count). The van der Waals surface area contributed by atoms with Crippen LogP contribution in [-0.4, -0.2) is 43.5 Å². The van der Waals surface area contributed by atoms with Crippen molar-refractivity contribution in [3.8, 4) is 0 Å². The number of nitrogens with one attached hydrogen (secondary N) is 2. The molecule has 110 valence electrons. The van der Waals surface area contributed by atoms with Gasteiger partial charge >= 0.3 is 0 Å². The van der Waals surface area contributed by atoms with Crippen molar-refractivity contribution in [1.29, 1.82) is 0 Å². The first kappa shape index (κ1) is 14.9. The number of amides is 1. The number of likely N-dealkylation sites (N-methyl/N-ethyl adjacent to an activating group) is 1. The van der Waals surface area contributed by atoms with E-state index in [9.17, 15) is 9.18 Å². The van der Waals surface area contributed by atoms with Crippen molar-refractivity contribution in [1.82, 2.24) is 15.5 Å². The largest absolute Gasteiger partial charge is 0.351 e. The Labute approximate surface area is 119 Å². The van der Waals surface area contributed by atoms with E-state index in [0.29, 0.717) is 24.7 Å². The van der Waals surface area contributed by atoms with Crippen molar-refractivity contribution in [3.63, 3.8) is 0 Å². The maximum atomic E-state index is 13.1.